The van der Waals surface area contributed by atoms with Crippen LogP contribution in [-0.4, -0.2) is 80.3 Å². The summed E-state index contributed by atoms with van der Waals surface area (Å²) in [5, 5.41) is 0.437. The molecule has 14 heteroatoms. The van der Waals surface area contributed by atoms with Gasteiger partial charge < -0.3 is 47.4 Å². The van der Waals surface area contributed by atoms with Crippen molar-refractivity contribution in [3.63, 3.8) is 0 Å². The molecule has 0 N–H and O–H groups in total. The molecular weight excluding hydrogens is 1000 g/mol. The number of ether oxygens (including phenoxy) is 10. The van der Waals surface area contributed by atoms with Gasteiger partial charge in [-0.3, -0.25) is 9.59 Å². The van der Waals surface area contributed by atoms with Crippen LogP contribution in [0.15, 0.2) is 174 Å². The number of halogens is 2. The summed E-state index contributed by atoms with van der Waals surface area (Å²) in [7, 11) is 0. The second kappa shape index (κ2) is 27.0. The number of benzene rings is 6. The summed E-state index contributed by atoms with van der Waals surface area (Å²) >= 11 is 10.2. The van der Waals surface area contributed by atoms with Gasteiger partial charge in [-0.2, -0.15) is 0 Å². The summed E-state index contributed by atoms with van der Waals surface area (Å²) < 4.78 is 68.1. The van der Waals surface area contributed by atoms with Gasteiger partial charge in [0.25, 0.3) is 0 Å². The Kier molecular flexibility index (Phi) is 19.8. The second-order valence-electron chi connectivity index (χ2n) is 17.8. The minimum atomic E-state index is -1.10. The average molecular weight is 1060 g/mol. The van der Waals surface area contributed by atoms with Crippen molar-refractivity contribution in [2.45, 2.75) is 108 Å². The van der Waals surface area contributed by atoms with E-state index < -0.39 is 73.0 Å². The zero-order valence-corrected chi connectivity index (χ0v) is 42.6. The van der Waals surface area contributed by atoms with E-state index in [1.807, 2.05) is 152 Å². The summed E-state index contributed by atoms with van der Waals surface area (Å²) in [6.45, 7) is 3.41. The molecule has 0 bridgehead atoms. The highest BCUT2D eigenvalue weighted by molar-refractivity contribution is 9.10. The maximum absolute atomic E-state index is 12.6. The van der Waals surface area contributed by atoms with Gasteiger partial charge in [0.2, 0.25) is 6.29 Å². The molecule has 0 amide bonds. The summed E-state index contributed by atoms with van der Waals surface area (Å²) in [5.41, 5.74) is 4.64. The van der Waals surface area contributed by atoms with Crippen molar-refractivity contribution >= 4 is 39.5 Å². The van der Waals surface area contributed by atoms with Crippen LogP contribution in [0.1, 0.15) is 48.1 Å². The maximum atomic E-state index is 12.6. The van der Waals surface area contributed by atoms with E-state index in [1.165, 1.54) is 13.8 Å². The molecule has 0 radical (unpaired) electrons. The van der Waals surface area contributed by atoms with E-state index in [0.717, 1.165) is 27.8 Å². The third-order valence-electron chi connectivity index (χ3n) is 12.4. The lowest BCUT2D eigenvalue weighted by Gasteiger charge is -2.50. The van der Waals surface area contributed by atoms with Gasteiger partial charge in [0.15, 0.2) is 0 Å². The van der Waals surface area contributed by atoms with Gasteiger partial charge in [-0.05, 0) is 52.4 Å². The Bertz CT molecular complexity index is 2540. The van der Waals surface area contributed by atoms with Crippen LogP contribution in [0.3, 0.4) is 0 Å². The summed E-state index contributed by atoms with van der Waals surface area (Å²) in [6.07, 6.45) is -7.43. The lowest BCUT2D eigenvalue weighted by atomic mass is 9.80. The molecule has 2 saturated heterocycles. The lowest BCUT2D eigenvalue weighted by molar-refractivity contribution is -0.304. The highest BCUT2D eigenvalue weighted by atomic mass is 79.9. The van der Waals surface area contributed by atoms with E-state index in [4.69, 9.17) is 59.0 Å². The number of hydrogen-bond acceptors (Lipinski definition) is 12. The first-order valence-corrected chi connectivity index (χ1v) is 25.3. The van der Waals surface area contributed by atoms with E-state index in [0.29, 0.717) is 15.2 Å². The van der Waals surface area contributed by atoms with Crippen LogP contribution in [0.2, 0.25) is 5.02 Å². The first-order valence-electron chi connectivity index (χ1n) is 24.1. The largest absolute Gasteiger partial charge is 0.463 e. The smallest absolute Gasteiger partial charge is 0.302 e. The highest BCUT2D eigenvalue weighted by Gasteiger charge is 2.54. The second-order valence-corrected chi connectivity index (χ2v) is 19.1. The van der Waals surface area contributed by atoms with Crippen LogP contribution in [-0.2, 0) is 85.3 Å². The molecule has 0 unspecified atom stereocenters. The van der Waals surface area contributed by atoms with Gasteiger partial charge in [0.1, 0.15) is 55.6 Å². The van der Waals surface area contributed by atoms with Crippen LogP contribution in [0.4, 0.5) is 0 Å². The fourth-order valence-electron chi connectivity index (χ4n) is 9.06. The Morgan fingerprint density at radius 1 is 0.472 bits per heavy atom. The summed E-state index contributed by atoms with van der Waals surface area (Å²) in [6, 6.07) is 54.4. The van der Waals surface area contributed by atoms with E-state index in [1.54, 1.807) is 18.2 Å². The minimum Gasteiger partial charge on any atom is -0.463 e. The van der Waals surface area contributed by atoms with Gasteiger partial charge in [-0.1, -0.05) is 179 Å². The van der Waals surface area contributed by atoms with Gasteiger partial charge in [0.05, 0.1) is 45.2 Å². The Morgan fingerprint density at radius 3 is 1.26 bits per heavy atom. The van der Waals surface area contributed by atoms with E-state index >= 15 is 0 Å². The third kappa shape index (κ3) is 15.5. The summed E-state index contributed by atoms with van der Waals surface area (Å²) in [4.78, 5) is 25.2. The SMILES string of the molecule is CC(=O)OC[C@H]1O[C@H](Oc2cc(Cl)cc(Br)c2)[C@@H](OCc2ccccc2)[C@@H](C[C@H]2O[C@H](COC(C)=O)[C@@H](OCc3ccccc3)[C@@H](OCc3ccccc3)[C@@H]2OCc2ccccc2)[C@@H]1OCc1ccccc1. The molecule has 2 aliphatic rings. The fourth-order valence-corrected chi connectivity index (χ4v) is 9.89. The van der Waals surface area contributed by atoms with E-state index in [9.17, 15) is 9.59 Å². The number of rotatable bonds is 23. The highest BCUT2D eigenvalue weighted by Crippen LogP contribution is 2.41. The molecule has 0 spiro atoms. The van der Waals surface area contributed by atoms with Crippen molar-refractivity contribution in [3.05, 3.63) is 207 Å². The maximum Gasteiger partial charge on any atom is 0.302 e. The molecule has 378 valence electrons. The average Bonchev–Trinajstić information content (AvgIpc) is 3.39. The topological polar surface area (TPSA) is 126 Å². The fraction of sp³-hybridized carbons (Fsp3) is 0.345. The predicted octanol–water partition coefficient (Wildman–Crippen LogP) is 11.0. The first-order chi connectivity index (χ1) is 35.1. The number of esters is 2. The zero-order valence-electron chi connectivity index (χ0n) is 40.3. The quantitative estimate of drug-likeness (QED) is 0.0567. The van der Waals surface area contributed by atoms with Gasteiger partial charge in [-0.15, -0.1) is 0 Å². The van der Waals surface area contributed by atoms with Crippen LogP contribution >= 0.6 is 27.5 Å². The molecule has 0 aliphatic carbocycles. The molecule has 2 aliphatic heterocycles. The number of carbonyl (C=O) groups excluding carboxylic acids is 2. The number of hydrogen-bond donors (Lipinski definition) is 0. The molecule has 72 heavy (non-hydrogen) atoms. The van der Waals surface area contributed by atoms with E-state index in [2.05, 4.69) is 15.9 Å². The molecular formula is C58H60BrClO12. The molecule has 0 saturated carbocycles. The first kappa shape index (κ1) is 52.9. The Morgan fingerprint density at radius 2 is 0.847 bits per heavy atom. The van der Waals surface area contributed by atoms with Crippen molar-refractivity contribution in [1.29, 1.82) is 0 Å². The van der Waals surface area contributed by atoms with Gasteiger partial charge in [-0.25, -0.2) is 0 Å². The van der Waals surface area contributed by atoms with Crippen molar-refractivity contribution in [1.82, 2.24) is 0 Å². The van der Waals surface area contributed by atoms with Gasteiger partial charge in [0, 0.05) is 29.3 Å². The molecule has 12 nitrogen and oxygen atoms in total. The van der Waals surface area contributed by atoms with Crippen molar-refractivity contribution in [2.75, 3.05) is 13.2 Å². The standard InChI is InChI=1S/C58H60BrClO12/c1-39(61)63-37-51-53(65-32-41-18-8-3-9-19-41)49(54(66-33-42-20-10-4-11-21-42)58(72-51)70-48-29-46(59)28-47(60)30-48)31-50-55(67-34-43-22-12-5-13-23-43)57(69-36-45-26-16-7-17-27-45)56(52(71-50)38-64-40(2)62)68-35-44-24-14-6-15-25-44/h3-30,49-58H,31-38H2,1-2H3/t49-,50+,51+,52+,53-,54-,55+,56+,57-,58-/m0/s1. The van der Waals surface area contributed by atoms with Crippen LogP contribution < -0.4 is 4.74 Å². The van der Waals surface area contributed by atoms with Gasteiger partial charge >= 0.3 is 11.9 Å². The van der Waals surface area contributed by atoms with Crippen LogP contribution in [0.5, 0.6) is 5.75 Å². The van der Waals surface area contributed by atoms with Crippen LogP contribution in [0.25, 0.3) is 0 Å². The Labute approximate surface area is 434 Å². The van der Waals surface area contributed by atoms with Crippen molar-refractivity contribution in [3.8, 4) is 5.75 Å². The molecule has 2 fully saturated rings. The monoisotopic (exact) mass is 1060 g/mol. The molecule has 8 rings (SSSR count). The minimum absolute atomic E-state index is 0.137. The molecule has 0 aromatic heterocycles. The molecule has 6 aromatic carbocycles. The lowest BCUT2D eigenvalue weighted by Crippen LogP contribution is -2.64. The number of carbonyl (C=O) groups is 2. The molecule has 6 aromatic rings. The van der Waals surface area contributed by atoms with E-state index in [-0.39, 0.29) is 52.7 Å². The molecule has 2 heterocycles. The Hall–Kier alpha value is -5.45. The predicted molar refractivity (Wildman–Crippen MR) is 274 cm³/mol. The summed E-state index contributed by atoms with van der Waals surface area (Å²) in [5.74, 6) is -1.18. The Balaban J connectivity index is 1.25. The van der Waals surface area contributed by atoms with Crippen LogP contribution in [0, 0.1) is 5.92 Å². The molecule has 10 atom stereocenters. The van der Waals surface area contributed by atoms with Crippen molar-refractivity contribution < 1.29 is 57.0 Å². The van der Waals surface area contributed by atoms with Crippen molar-refractivity contribution in [2.24, 2.45) is 5.92 Å². The third-order valence-corrected chi connectivity index (χ3v) is 13.1. The zero-order chi connectivity index (χ0) is 50.1. The normalized spacial score (nSPS) is 24.0.